The third kappa shape index (κ3) is 5.12. The highest BCUT2D eigenvalue weighted by atomic mass is 16.5. The summed E-state index contributed by atoms with van der Waals surface area (Å²) in [5, 5.41) is 4.45. The molecule has 0 aliphatic heterocycles. The van der Waals surface area contributed by atoms with E-state index in [1.165, 1.54) is 0 Å². The summed E-state index contributed by atoms with van der Waals surface area (Å²) in [6, 6.07) is 11.2. The molecule has 3 rings (SSSR count). The maximum Gasteiger partial charge on any atom is 0.309 e. The number of amides is 1. The summed E-state index contributed by atoms with van der Waals surface area (Å²) in [6.07, 6.45) is 0.753. The fourth-order valence-electron chi connectivity index (χ4n) is 3.19. The Hall–Kier alpha value is -2.83. The maximum absolute atomic E-state index is 12.8. The molecule has 2 atom stereocenters. The molecule has 7 heteroatoms. The first-order valence-electron chi connectivity index (χ1n) is 9.59. The van der Waals surface area contributed by atoms with Crippen LogP contribution >= 0.6 is 0 Å². The van der Waals surface area contributed by atoms with Gasteiger partial charge in [0.2, 0.25) is 0 Å². The molecule has 1 aliphatic rings. The van der Waals surface area contributed by atoms with Crippen molar-refractivity contribution in [3.05, 3.63) is 47.8 Å². The molecule has 0 saturated heterocycles. The second kappa shape index (κ2) is 8.91. The Labute approximate surface area is 165 Å². The zero-order valence-electron chi connectivity index (χ0n) is 16.6. The molecule has 0 spiro atoms. The van der Waals surface area contributed by atoms with Gasteiger partial charge in [0.1, 0.15) is 5.75 Å². The average Bonchev–Trinajstić information content (AvgIpc) is 3.38. The van der Waals surface area contributed by atoms with E-state index in [2.05, 4.69) is 5.10 Å². The van der Waals surface area contributed by atoms with Crippen LogP contribution in [0.15, 0.2) is 36.4 Å². The van der Waals surface area contributed by atoms with Crippen molar-refractivity contribution in [2.75, 3.05) is 19.8 Å². The monoisotopic (exact) mass is 385 g/mol. The molecule has 0 radical (unpaired) electrons. The van der Waals surface area contributed by atoms with Crippen LogP contribution in [-0.2, 0) is 27.9 Å². The fraction of sp³-hybridized carbons (Fsp3) is 0.476. The molecule has 1 aliphatic carbocycles. The summed E-state index contributed by atoms with van der Waals surface area (Å²) < 4.78 is 12.5. The molecule has 2 aromatic rings. The number of benzene rings is 1. The van der Waals surface area contributed by atoms with Gasteiger partial charge in [-0.25, -0.2) is 0 Å². The Morgan fingerprint density at radius 1 is 1.29 bits per heavy atom. The Kier molecular flexibility index (Phi) is 6.34. The first-order chi connectivity index (χ1) is 13.5. The lowest BCUT2D eigenvalue weighted by atomic mass is 10.2. The van der Waals surface area contributed by atoms with Gasteiger partial charge in [-0.15, -0.1) is 0 Å². The standard InChI is InChI=1S/C21H27N3O4/c1-4-27-21(26)19-11-16(19)12-24(13-17-10-15(2)23(3)22-17)20(25)14-28-18-8-6-5-7-9-18/h5-10,16,19H,4,11-14H2,1-3H3/t16-,19+/m0/s1. The van der Waals surface area contributed by atoms with E-state index < -0.39 is 0 Å². The summed E-state index contributed by atoms with van der Waals surface area (Å²) in [5.74, 6) is 0.372. The number of aryl methyl sites for hydroxylation is 2. The SMILES string of the molecule is CCOC(=O)[C@@H]1C[C@H]1CN(Cc1cc(C)n(C)n1)C(=O)COc1ccccc1. The molecular formula is C21H27N3O4. The van der Waals surface area contributed by atoms with Crippen LogP contribution in [0.3, 0.4) is 0 Å². The summed E-state index contributed by atoms with van der Waals surface area (Å²) in [6.45, 7) is 4.99. The quantitative estimate of drug-likeness (QED) is 0.620. The van der Waals surface area contributed by atoms with Gasteiger partial charge < -0.3 is 14.4 Å². The predicted molar refractivity (Wildman–Crippen MR) is 104 cm³/mol. The number of hydrogen-bond donors (Lipinski definition) is 0. The maximum atomic E-state index is 12.8. The van der Waals surface area contributed by atoms with Crippen molar-refractivity contribution < 1.29 is 19.1 Å². The van der Waals surface area contributed by atoms with Gasteiger partial charge >= 0.3 is 5.97 Å². The Morgan fingerprint density at radius 3 is 2.68 bits per heavy atom. The molecule has 7 nitrogen and oxygen atoms in total. The smallest absolute Gasteiger partial charge is 0.309 e. The number of esters is 1. The number of carbonyl (C=O) groups is 2. The number of ether oxygens (including phenoxy) is 2. The van der Waals surface area contributed by atoms with Crippen LogP contribution in [0.1, 0.15) is 24.7 Å². The normalized spacial score (nSPS) is 17.8. The second-order valence-electron chi connectivity index (χ2n) is 7.13. The molecule has 150 valence electrons. The van der Waals surface area contributed by atoms with Crippen LogP contribution in [0, 0.1) is 18.8 Å². The molecule has 0 N–H and O–H groups in total. The minimum Gasteiger partial charge on any atom is -0.484 e. The lowest BCUT2D eigenvalue weighted by molar-refractivity contribution is -0.145. The van der Waals surface area contributed by atoms with Gasteiger partial charge in [0.25, 0.3) is 5.91 Å². The van der Waals surface area contributed by atoms with Gasteiger partial charge in [-0.1, -0.05) is 18.2 Å². The van der Waals surface area contributed by atoms with E-state index in [1.807, 2.05) is 50.4 Å². The minimum absolute atomic E-state index is 0.0490. The summed E-state index contributed by atoms with van der Waals surface area (Å²) in [5.41, 5.74) is 1.85. The van der Waals surface area contributed by atoms with Crippen LogP contribution in [0.4, 0.5) is 0 Å². The highest BCUT2D eigenvalue weighted by molar-refractivity contribution is 5.79. The number of nitrogens with zero attached hydrogens (tertiary/aromatic N) is 3. The number of rotatable bonds is 9. The molecule has 1 aromatic carbocycles. The molecule has 1 amide bonds. The van der Waals surface area contributed by atoms with Crippen molar-refractivity contribution in [2.24, 2.45) is 18.9 Å². The molecule has 28 heavy (non-hydrogen) atoms. The topological polar surface area (TPSA) is 73.7 Å². The van der Waals surface area contributed by atoms with Crippen molar-refractivity contribution in [1.82, 2.24) is 14.7 Å². The lowest BCUT2D eigenvalue weighted by Gasteiger charge is -2.22. The van der Waals surface area contributed by atoms with Crippen molar-refractivity contribution in [1.29, 1.82) is 0 Å². The molecule has 0 bridgehead atoms. The third-order valence-electron chi connectivity index (χ3n) is 4.94. The van der Waals surface area contributed by atoms with Crippen LogP contribution in [0.5, 0.6) is 5.75 Å². The zero-order valence-corrected chi connectivity index (χ0v) is 16.6. The van der Waals surface area contributed by atoms with Crippen LogP contribution in [0.2, 0.25) is 0 Å². The van der Waals surface area contributed by atoms with Crippen LogP contribution in [-0.4, -0.2) is 46.3 Å². The van der Waals surface area contributed by atoms with E-state index in [0.717, 1.165) is 17.8 Å². The summed E-state index contributed by atoms with van der Waals surface area (Å²) in [4.78, 5) is 26.5. The predicted octanol–water partition coefficient (Wildman–Crippen LogP) is 2.34. The average molecular weight is 385 g/mol. The fourth-order valence-corrected chi connectivity index (χ4v) is 3.19. The first-order valence-corrected chi connectivity index (χ1v) is 9.59. The summed E-state index contributed by atoms with van der Waals surface area (Å²) >= 11 is 0. The lowest BCUT2D eigenvalue weighted by Crippen LogP contribution is -2.36. The van der Waals surface area contributed by atoms with Gasteiger partial charge in [0, 0.05) is 19.3 Å². The molecule has 0 unspecified atom stereocenters. The van der Waals surface area contributed by atoms with E-state index in [4.69, 9.17) is 9.47 Å². The molecule has 1 saturated carbocycles. The highest BCUT2D eigenvalue weighted by Crippen LogP contribution is 2.40. The van der Waals surface area contributed by atoms with Crippen molar-refractivity contribution in [3.8, 4) is 5.75 Å². The minimum atomic E-state index is -0.172. The Morgan fingerprint density at radius 2 is 2.04 bits per heavy atom. The first kappa shape index (κ1) is 19.9. The zero-order chi connectivity index (χ0) is 20.1. The van der Waals surface area contributed by atoms with Crippen molar-refractivity contribution >= 4 is 11.9 Å². The number of para-hydroxylation sites is 1. The van der Waals surface area contributed by atoms with E-state index in [0.29, 0.717) is 25.4 Å². The van der Waals surface area contributed by atoms with Gasteiger partial charge in [-0.3, -0.25) is 14.3 Å². The van der Waals surface area contributed by atoms with Gasteiger partial charge in [0.05, 0.1) is 24.8 Å². The van der Waals surface area contributed by atoms with E-state index in [9.17, 15) is 9.59 Å². The van der Waals surface area contributed by atoms with Gasteiger partial charge in [-0.2, -0.15) is 5.10 Å². The highest BCUT2D eigenvalue weighted by Gasteiger charge is 2.45. The Balaban J connectivity index is 1.63. The van der Waals surface area contributed by atoms with E-state index >= 15 is 0 Å². The van der Waals surface area contributed by atoms with Crippen molar-refractivity contribution in [3.63, 3.8) is 0 Å². The molecule has 1 heterocycles. The van der Waals surface area contributed by atoms with Crippen LogP contribution < -0.4 is 4.74 Å². The molecular weight excluding hydrogens is 358 g/mol. The molecule has 1 fully saturated rings. The summed E-state index contributed by atoms with van der Waals surface area (Å²) in [7, 11) is 1.88. The van der Waals surface area contributed by atoms with E-state index in [-0.39, 0.29) is 30.3 Å². The van der Waals surface area contributed by atoms with Gasteiger partial charge in [0.15, 0.2) is 6.61 Å². The number of hydrogen-bond acceptors (Lipinski definition) is 5. The van der Waals surface area contributed by atoms with Crippen molar-refractivity contribution in [2.45, 2.75) is 26.8 Å². The Bertz CT molecular complexity index is 799. The second-order valence-corrected chi connectivity index (χ2v) is 7.13. The largest absolute Gasteiger partial charge is 0.484 e. The third-order valence-corrected chi connectivity index (χ3v) is 4.94. The van der Waals surface area contributed by atoms with Crippen LogP contribution in [0.25, 0.3) is 0 Å². The number of aromatic nitrogens is 2. The number of carbonyl (C=O) groups excluding carboxylic acids is 2. The van der Waals surface area contributed by atoms with E-state index in [1.54, 1.807) is 16.5 Å². The van der Waals surface area contributed by atoms with Gasteiger partial charge in [-0.05, 0) is 44.4 Å². The molecule has 1 aromatic heterocycles.